The second kappa shape index (κ2) is 5.91. The molecular weight excluding hydrogens is 239 g/mol. The average Bonchev–Trinajstić information content (AvgIpc) is 2.38. The highest BCUT2D eigenvalue weighted by Crippen LogP contribution is 2.26. The van der Waals surface area contributed by atoms with E-state index in [9.17, 15) is 4.39 Å². The first-order valence-electron chi connectivity index (χ1n) is 7.29. The maximum atomic E-state index is 14.2. The molecule has 0 amide bonds. The molecule has 106 valence electrons. The summed E-state index contributed by atoms with van der Waals surface area (Å²) in [6, 6.07) is 6.37. The number of halogens is 1. The molecule has 1 aliphatic rings. The summed E-state index contributed by atoms with van der Waals surface area (Å²) in [5, 5.41) is 3.59. The zero-order valence-electron chi connectivity index (χ0n) is 12.4. The number of hydrogen-bond donors (Lipinski definition) is 1. The Morgan fingerprint density at radius 2 is 2.16 bits per heavy atom. The van der Waals surface area contributed by atoms with Gasteiger partial charge >= 0.3 is 0 Å². The summed E-state index contributed by atoms with van der Waals surface area (Å²) in [7, 11) is 0. The van der Waals surface area contributed by atoms with Crippen LogP contribution in [0.25, 0.3) is 0 Å². The van der Waals surface area contributed by atoms with Gasteiger partial charge in [0.2, 0.25) is 0 Å². The highest BCUT2D eigenvalue weighted by molar-refractivity contribution is 5.51. The van der Waals surface area contributed by atoms with E-state index in [1.807, 2.05) is 19.1 Å². The fourth-order valence-corrected chi connectivity index (χ4v) is 2.77. The lowest BCUT2D eigenvalue weighted by Gasteiger charge is -2.43. The number of aryl methyl sites for hydroxylation is 1. The van der Waals surface area contributed by atoms with Gasteiger partial charge in [0.05, 0.1) is 5.69 Å². The highest BCUT2D eigenvalue weighted by Gasteiger charge is 2.29. The molecule has 2 rings (SSSR count). The van der Waals surface area contributed by atoms with Gasteiger partial charge in [-0.15, -0.1) is 0 Å². The zero-order chi connectivity index (χ0) is 14.0. The van der Waals surface area contributed by atoms with Gasteiger partial charge in [0.15, 0.2) is 0 Å². The van der Waals surface area contributed by atoms with Gasteiger partial charge in [0.25, 0.3) is 0 Å². The monoisotopic (exact) mass is 264 g/mol. The maximum Gasteiger partial charge on any atom is 0.146 e. The van der Waals surface area contributed by atoms with Gasteiger partial charge in [-0.2, -0.15) is 0 Å². The first-order chi connectivity index (χ1) is 9.02. The van der Waals surface area contributed by atoms with Gasteiger partial charge in [-0.05, 0) is 37.0 Å². The van der Waals surface area contributed by atoms with Crippen molar-refractivity contribution in [1.29, 1.82) is 0 Å². The summed E-state index contributed by atoms with van der Waals surface area (Å²) < 4.78 is 14.2. The molecule has 1 aromatic carbocycles. The van der Waals surface area contributed by atoms with Crippen LogP contribution < -0.4 is 10.2 Å². The van der Waals surface area contributed by atoms with E-state index in [0.717, 1.165) is 30.8 Å². The van der Waals surface area contributed by atoms with Gasteiger partial charge in [-0.1, -0.05) is 26.8 Å². The van der Waals surface area contributed by atoms with Crippen molar-refractivity contribution in [2.45, 2.75) is 46.2 Å². The standard InChI is InChI=1S/C16H25FN2/c1-5-13-9-18-15(11(2)3)10-19(13)16-7-6-12(4)8-14(16)17/h6-8,11,13,15,18H,5,9-10H2,1-4H3. The fraction of sp³-hybridized carbons (Fsp3) is 0.625. The molecular formula is C16H25FN2. The normalized spacial score (nSPS) is 24.0. The molecule has 1 aromatic rings. The lowest BCUT2D eigenvalue weighted by molar-refractivity contribution is 0.323. The quantitative estimate of drug-likeness (QED) is 0.900. The Morgan fingerprint density at radius 1 is 1.42 bits per heavy atom. The summed E-state index contributed by atoms with van der Waals surface area (Å²) in [4.78, 5) is 2.25. The van der Waals surface area contributed by atoms with Crippen LogP contribution in [0.3, 0.4) is 0 Å². The van der Waals surface area contributed by atoms with E-state index in [0.29, 0.717) is 18.0 Å². The predicted molar refractivity (Wildman–Crippen MR) is 79.2 cm³/mol. The third kappa shape index (κ3) is 3.08. The summed E-state index contributed by atoms with van der Waals surface area (Å²) in [5.41, 5.74) is 1.73. The van der Waals surface area contributed by atoms with Crippen LogP contribution >= 0.6 is 0 Å². The van der Waals surface area contributed by atoms with Gasteiger partial charge in [0, 0.05) is 25.2 Å². The molecule has 0 saturated carbocycles. The fourth-order valence-electron chi connectivity index (χ4n) is 2.77. The number of nitrogens with one attached hydrogen (secondary N) is 1. The zero-order valence-corrected chi connectivity index (χ0v) is 12.4. The van der Waals surface area contributed by atoms with E-state index in [-0.39, 0.29) is 5.82 Å². The number of benzene rings is 1. The molecule has 19 heavy (non-hydrogen) atoms. The van der Waals surface area contributed by atoms with E-state index in [1.54, 1.807) is 6.07 Å². The molecule has 2 unspecified atom stereocenters. The largest absolute Gasteiger partial charge is 0.363 e. The number of nitrogens with zero attached hydrogens (tertiary/aromatic N) is 1. The van der Waals surface area contributed by atoms with Crippen LogP contribution in [0.2, 0.25) is 0 Å². The van der Waals surface area contributed by atoms with E-state index >= 15 is 0 Å². The van der Waals surface area contributed by atoms with Crippen LogP contribution in [0.4, 0.5) is 10.1 Å². The molecule has 1 aliphatic heterocycles. The number of piperazine rings is 1. The van der Waals surface area contributed by atoms with E-state index in [4.69, 9.17) is 0 Å². The Bertz CT molecular complexity index is 431. The Kier molecular flexibility index (Phi) is 4.46. The topological polar surface area (TPSA) is 15.3 Å². The molecule has 1 heterocycles. The summed E-state index contributed by atoms with van der Waals surface area (Å²) in [5.74, 6) is 0.469. The lowest BCUT2D eigenvalue weighted by atomic mass is 9.97. The van der Waals surface area contributed by atoms with Crippen molar-refractivity contribution in [2.24, 2.45) is 5.92 Å². The highest BCUT2D eigenvalue weighted by atomic mass is 19.1. The van der Waals surface area contributed by atoms with Crippen LogP contribution in [0.5, 0.6) is 0 Å². The first-order valence-corrected chi connectivity index (χ1v) is 7.29. The Morgan fingerprint density at radius 3 is 2.74 bits per heavy atom. The van der Waals surface area contributed by atoms with Crippen LogP contribution in [0.1, 0.15) is 32.8 Å². The van der Waals surface area contributed by atoms with E-state index in [1.165, 1.54) is 0 Å². The minimum absolute atomic E-state index is 0.0946. The molecule has 0 aliphatic carbocycles. The smallest absolute Gasteiger partial charge is 0.146 e. The third-order valence-corrected chi connectivity index (χ3v) is 4.14. The van der Waals surface area contributed by atoms with Crippen molar-refractivity contribution in [3.8, 4) is 0 Å². The van der Waals surface area contributed by atoms with Crippen molar-refractivity contribution in [3.63, 3.8) is 0 Å². The summed E-state index contributed by atoms with van der Waals surface area (Å²) in [6.45, 7) is 10.4. The first kappa shape index (κ1) is 14.3. The minimum Gasteiger partial charge on any atom is -0.363 e. The second-order valence-electron chi connectivity index (χ2n) is 5.93. The minimum atomic E-state index is -0.0946. The number of anilines is 1. The van der Waals surface area contributed by atoms with E-state index < -0.39 is 0 Å². The van der Waals surface area contributed by atoms with Crippen LogP contribution in [-0.4, -0.2) is 25.2 Å². The Hall–Kier alpha value is -1.09. The summed E-state index contributed by atoms with van der Waals surface area (Å²) >= 11 is 0. The van der Waals surface area contributed by atoms with Gasteiger partial charge < -0.3 is 10.2 Å². The molecule has 3 heteroatoms. The average molecular weight is 264 g/mol. The van der Waals surface area contributed by atoms with Crippen LogP contribution in [-0.2, 0) is 0 Å². The summed E-state index contributed by atoms with van der Waals surface area (Å²) in [6.07, 6.45) is 1.03. The van der Waals surface area contributed by atoms with Crippen molar-refractivity contribution < 1.29 is 4.39 Å². The molecule has 1 N–H and O–H groups in total. The molecule has 0 radical (unpaired) electrons. The number of rotatable bonds is 3. The van der Waals surface area contributed by atoms with Crippen molar-refractivity contribution in [3.05, 3.63) is 29.6 Å². The molecule has 0 aromatic heterocycles. The maximum absolute atomic E-state index is 14.2. The molecule has 2 nitrogen and oxygen atoms in total. The van der Waals surface area contributed by atoms with Gasteiger partial charge in [-0.3, -0.25) is 0 Å². The van der Waals surface area contributed by atoms with Crippen LogP contribution in [0.15, 0.2) is 18.2 Å². The van der Waals surface area contributed by atoms with Gasteiger partial charge in [-0.25, -0.2) is 4.39 Å². The lowest BCUT2D eigenvalue weighted by Crippen LogP contribution is -2.58. The number of hydrogen-bond acceptors (Lipinski definition) is 2. The van der Waals surface area contributed by atoms with Gasteiger partial charge in [0.1, 0.15) is 5.82 Å². The third-order valence-electron chi connectivity index (χ3n) is 4.14. The molecule has 2 atom stereocenters. The van der Waals surface area contributed by atoms with Crippen molar-refractivity contribution in [1.82, 2.24) is 5.32 Å². The Balaban J connectivity index is 2.27. The van der Waals surface area contributed by atoms with Crippen molar-refractivity contribution in [2.75, 3.05) is 18.0 Å². The molecule has 1 fully saturated rings. The SMILES string of the molecule is CCC1CNC(C(C)C)CN1c1ccc(C)cc1F. The van der Waals surface area contributed by atoms with E-state index in [2.05, 4.69) is 31.0 Å². The Labute approximate surface area is 116 Å². The predicted octanol–water partition coefficient (Wildman–Crippen LogP) is 3.35. The second-order valence-corrected chi connectivity index (χ2v) is 5.93. The van der Waals surface area contributed by atoms with Crippen molar-refractivity contribution >= 4 is 5.69 Å². The van der Waals surface area contributed by atoms with Crippen LogP contribution in [0, 0.1) is 18.7 Å². The molecule has 0 spiro atoms. The molecule has 1 saturated heterocycles. The molecule has 0 bridgehead atoms.